The highest BCUT2D eigenvalue weighted by molar-refractivity contribution is 6.07. The van der Waals surface area contributed by atoms with Crippen molar-refractivity contribution in [1.82, 2.24) is 10.2 Å². The quantitative estimate of drug-likeness (QED) is 0.350. The molecule has 4 rings (SSSR count). The number of amides is 1. The molecule has 2 N–H and O–H groups in total. The van der Waals surface area contributed by atoms with Crippen LogP contribution in [-0.4, -0.2) is 52.0 Å². The Morgan fingerprint density at radius 2 is 1.90 bits per heavy atom. The topological polar surface area (TPSA) is 109 Å². The number of alkyl carbamates (subject to hydrolysis) is 1. The van der Waals surface area contributed by atoms with Gasteiger partial charge in [-0.15, -0.1) is 0 Å². The van der Waals surface area contributed by atoms with Crippen LogP contribution in [0.3, 0.4) is 0 Å². The zero-order valence-corrected chi connectivity index (χ0v) is 23.7. The Morgan fingerprint density at radius 3 is 2.49 bits per heavy atom. The van der Waals surface area contributed by atoms with E-state index < -0.39 is 11.1 Å². The second-order valence-electron chi connectivity index (χ2n) is 12.0. The van der Waals surface area contributed by atoms with Crippen molar-refractivity contribution in [3.63, 3.8) is 0 Å². The molecule has 1 aromatic carbocycles. The van der Waals surface area contributed by atoms with Crippen LogP contribution in [-0.2, 0) is 11.3 Å². The molecule has 1 saturated heterocycles. The largest absolute Gasteiger partial charge is 0.444 e. The monoisotopic (exact) mass is 535 g/mol. The van der Waals surface area contributed by atoms with Gasteiger partial charge in [-0.3, -0.25) is 20.0 Å². The molecule has 9 heteroatoms. The number of hydrogen-bond donors (Lipinski definition) is 2. The summed E-state index contributed by atoms with van der Waals surface area (Å²) < 4.78 is 5.37. The fourth-order valence-corrected chi connectivity index (χ4v) is 5.10. The number of dihydropyridines is 1. The lowest BCUT2D eigenvalue weighted by Gasteiger charge is -2.33. The number of hydrogen-bond acceptors (Lipinski definition) is 7. The molecule has 0 aromatic heterocycles. The number of nitro groups is 1. The van der Waals surface area contributed by atoms with E-state index in [9.17, 15) is 14.9 Å². The Hall–Kier alpha value is -3.46. The minimum atomic E-state index is -0.539. The number of nitrogens with one attached hydrogen (secondary N) is 2. The van der Waals surface area contributed by atoms with Crippen LogP contribution in [0, 0.1) is 16.0 Å². The maximum Gasteiger partial charge on any atom is 0.407 e. The standard InChI is InChI=1S/C30H41N5O4/c1-21-6-10-23(11-7-21)30(5)17-14-26(35(37)38)27(33-30)31-24-12-8-22(9-13-24)20-34-18-15-25(16-19-34)32-28(36)39-29(2,3)4/h6,8-14,21,25H,7,15-20H2,1-5H3,(H,31,33)(H,32,36). The second kappa shape index (κ2) is 11.7. The lowest BCUT2D eigenvalue weighted by molar-refractivity contribution is -0.415. The predicted molar refractivity (Wildman–Crippen MR) is 154 cm³/mol. The van der Waals surface area contributed by atoms with E-state index >= 15 is 0 Å². The normalized spacial score (nSPS) is 24.3. The molecule has 2 heterocycles. The molecule has 2 atom stereocenters. The summed E-state index contributed by atoms with van der Waals surface area (Å²) in [5, 5.41) is 17.9. The number of amidine groups is 1. The summed E-state index contributed by atoms with van der Waals surface area (Å²) in [6, 6.07) is 8.09. The molecule has 39 heavy (non-hydrogen) atoms. The Labute approximate surface area is 231 Å². The van der Waals surface area contributed by atoms with Gasteiger partial charge in [0.15, 0.2) is 0 Å². The molecule has 2 unspecified atom stereocenters. The fraction of sp³-hybridized carbons (Fsp3) is 0.533. The molecule has 0 saturated carbocycles. The summed E-state index contributed by atoms with van der Waals surface area (Å²) >= 11 is 0. The van der Waals surface area contributed by atoms with Crippen molar-refractivity contribution in [3.8, 4) is 0 Å². The van der Waals surface area contributed by atoms with Gasteiger partial charge in [-0.05, 0) is 76.1 Å². The molecule has 1 amide bonds. The Bertz CT molecular complexity index is 1190. The van der Waals surface area contributed by atoms with Gasteiger partial charge >= 0.3 is 11.8 Å². The van der Waals surface area contributed by atoms with Crippen molar-refractivity contribution in [2.45, 2.75) is 84.0 Å². The van der Waals surface area contributed by atoms with Gasteiger partial charge in [-0.1, -0.05) is 37.3 Å². The van der Waals surface area contributed by atoms with Crippen molar-refractivity contribution in [2.75, 3.05) is 18.4 Å². The zero-order valence-electron chi connectivity index (χ0n) is 23.7. The number of piperidine rings is 1. The van der Waals surface area contributed by atoms with Crippen LogP contribution in [0.1, 0.15) is 65.9 Å². The summed E-state index contributed by atoms with van der Waals surface area (Å²) in [6.45, 7) is 12.4. The summed E-state index contributed by atoms with van der Waals surface area (Å²) in [5.74, 6) is 0.778. The van der Waals surface area contributed by atoms with Crippen LogP contribution >= 0.6 is 0 Å². The van der Waals surface area contributed by atoms with Gasteiger partial charge in [0.05, 0.1) is 10.5 Å². The number of anilines is 1. The van der Waals surface area contributed by atoms with Crippen molar-refractivity contribution >= 4 is 17.6 Å². The van der Waals surface area contributed by atoms with Crippen molar-refractivity contribution in [3.05, 3.63) is 75.5 Å². The lowest BCUT2D eigenvalue weighted by atomic mass is 9.82. The van der Waals surface area contributed by atoms with Gasteiger partial charge in [0.25, 0.3) is 0 Å². The van der Waals surface area contributed by atoms with E-state index in [0.29, 0.717) is 12.3 Å². The third-order valence-electron chi connectivity index (χ3n) is 7.36. The smallest absolute Gasteiger partial charge is 0.407 e. The number of aliphatic imine (C=N–C) groups is 1. The van der Waals surface area contributed by atoms with E-state index in [0.717, 1.165) is 55.7 Å². The molecule has 210 valence electrons. The molecular weight excluding hydrogens is 494 g/mol. The number of allylic oxidation sites excluding steroid dienone is 2. The number of benzene rings is 1. The van der Waals surface area contributed by atoms with E-state index in [1.54, 1.807) is 6.08 Å². The highest BCUT2D eigenvalue weighted by Crippen LogP contribution is 2.35. The lowest BCUT2D eigenvalue weighted by Crippen LogP contribution is -2.45. The Balaban J connectivity index is 1.34. The summed E-state index contributed by atoms with van der Waals surface area (Å²) in [6.07, 6.45) is 11.0. The molecule has 0 radical (unpaired) electrons. The summed E-state index contributed by atoms with van der Waals surface area (Å²) in [7, 11) is 0. The molecular formula is C30H41N5O4. The van der Waals surface area contributed by atoms with Gasteiger partial charge in [0, 0.05) is 43.9 Å². The summed E-state index contributed by atoms with van der Waals surface area (Å²) in [5.41, 5.74) is 1.98. The molecule has 3 aliphatic rings. The number of nitrogens with zero attached hydrogens (tertiary/aromatic N) is 3. The van der Waals surface area contributed by atoms with Crippen molar-refractivity contribution in [2.24, 2.45) is 10.9 Å². The number of ether oxygens (including phenoxy) is 1. The van der Waals surface area contributed by atoms with Gasteiger partial charge < -0.3 is 15.4 Å². The number of rotatable bonds is 6. The Morgan fingerprint density at radius 1 is 1.21 bits per heavy atom. The predicted octanol–water partition coefficient (Wildman–Crippen LogP) is 5.83. The molecule has 1 fully saturated rings. The van der Waals surface area contributed by atoms with Crippen LogP contribution in [0.15, 0.2) is 64.8 Å². The Kier molecular flexibility index (Phi) is 8.59. The summed E-state index contributed by atoms with van der Waals surface area (Å²) in [4.78, 5) is 30.7. The van der Waals surface area contributed by atoms with Crippen molar-refractivity contribution < 1.29 is 14.5 Å². The van der Waals surface area contributed by atoms with E-state index in [1.807, 2.05) is 52.0 Å². The van der Waals surface area contributed by atoms with E-state index in [2.05, 4.69) is 40.7 Å². The average molecular weight is 536 g/mol. The van der Waals surface area contributed by atoms with Gasteiger partial charge in [0.2, 0.25) is 5.84 Å². The van der Waals surface area contributed by atoms with Crippen LogP contribution < -0.4 is 10.6 Å². The van der Waals surface area contributed by atoms with E-state index in [1.165, 1.54) is 0 Å². The molecule has 1 aromatic rings. The fourth-order valence-electron chi connectivity index (χ4n) is 5.10. The van der Waals surface area contributed by atoms with E-state index in [-0.39, 0.29) is 28.6 Å². The zero-order chi connectivity index (χ0) is 28.2. The van der Waals surface area contributed by atoms with Gasteiger partial charge in [-0.2, -0.15) is 0 Å². The molecule has 9 nitrogen and oxygen atoms in total. The van der Waals surface area contributed by atoms with Gasteiger partial charge in [-0.25, -0.2) is 4.79 Å². The maximum absolute atomic E-state index is 12.1. The molecule has 2 aliphatic heterocycles. The van der Waals surface area contributed by atoms with Crippen LogP contribution in [0.5, 0.6) is 0 Å². The molecule has 0 spiro atoms. The highest BCUT2D eigenvalue weighted by Gasteiger charge is 2.36. The second-order valence-corrected chi connectivity index (χ2v) is 12.0. The first kappa shape index (κ1) is 28.5. The molecule has 1 aliphatic carbocycles. The van der Waals surface area contributed by atoms with Crippen LogP contribution in [0.2, 0.25) is 0 Å². The minimum Gasteiger partial charge on any atom is -0.444 e. The maximum atomic E-state index is 12.1. The minimum absolute atomic E-state index is 0.00757. The first-order valence-corrected chi connectivity index (χ1v) is 13.8. The number of carbonyl (C=O) groups is 1. The van der Waals surface area contributed by atoms with Crippen LogP contribution in [0.4, 0.5) is 10.5 Å². The third kappa shape index (κ3) is 7.79. The number of likely N-dealkylation sites (tertiary alicyclic amines) is 1. The number of carbonyl (C=O) groups excluding carboxylic acids is 1. The first-order valence-electron chi connectivity index (χ1n) is 13.8. The van der Waals surface area contributed by atoms with Crippen LogP contribution in [0.25, 0.3) is 0 Å². The van der Waals surface area contributed by atoms with E-state index in [4.69, 9.17) is 9.73 Å². The molecule has 0 bridgehead atoms. The average Bonchev–Trinajstić information content (AvgIpc) is 2.85. The van der Waals surface area contributed by atoms with Crippen molar-refractivity contribution in [1.29, 1.82) is 0 Å². The SMILES string of the molecule is CC1C=CC(C2(C)CC=C([N+](=O)[O-])C(Nc3ccc(CN4CCC(NC(=O)OC(C)(C)C)CC4)cc3)=N2)=CC1. The van der Waals surface area contributed by atoms with Gasteiger partial charge in [0.1, 0.15) is 5.60 Å². The highest BCUT2D eigenvalue weighted by atomic mass is 16.6. The third-order valence-corrected chi connectivity index (χ3v) is 7.36. The first-order chi connectivity index (χ1) is 18.4.